The van der Waals surface area contributed by atoms with Gasteiger partial charge in [0.25, 0.3) is 0 Å². The van der Waals surface area contributed by atoms with Gasteiger partial charge in [-0.25, -0.2) is 0 Å². The summed E-state index contributed by atoms with van der Waals surface area (Å²) in [5, 5.41) is 7.38. The van der Waals surface area contributed by atoms with Crippen LogP contribution < -0.4 is 10.5 Å². The average Bonchev–Trinajstić information content (AvgIpc) is 2.78. The number of nitrogens with one attached hydrogen (secondary N) is 1. The highest BCUT2D eigenvalue weighted by Crippen LogP contribution is 2.18. The standard InChI is InChI=1S/C13H14N2O2/c1-9-7-10(4-5-12(9)13(14)15)17-8-11-3-2-6-16-11/h2-7H,8H2,1H3,(H3,14,15). The number of nitrogens with two attached hydrogens (primary N) is 1. The molecule has 0 aliphatic rings. The summed E-state index contributed by atoms with van der Waals surface area (Å²) >= 11 is 0. The minimum Gasteiger partial charge on any atom is -0.486 e. The molecule has 4 nitrogen and oxygen atoms in total. The van der Waals surface area contributed by atoms with Crippen LogP contribution in [0.15, 0.2) is 41.0 Å². The molecule has 2 aromatic rings. The van der Waals surface area contributed by atoms with Crippen LogP contribution in [0.3, 0.4) is 0 Å². The lowest BCUT2D eigenvalue weighted by molar-refractivity contribution is 0.270. The van der Waals surface area contributed by atoms with Crippen LogP contribution in [0.5, 0.6) is 5.75 Å². The first kappa shape index (κ1) is 11.3. The molecule has 0 aliphatic heterocycles. The van der Waals surface area contributed by atoms with Crippen molar-refractivity contribution in [3.8, 4) is 5.75 Å². The molecule has 1 aromatic heterocycles. The summed E-state index contributed by atoms with van der Waals surface area (Å²) in [5.41, 5.74) is 7.10. The lowest BCUT2D eigenvalue weighted by Gasteiger charge is -2.08. The lowest BCUT2D eigenvalue weighted by Crippen LogP contribution is -2.12. The minimum absolute atomic E-state index is 0.0695. The fourth-order valence-electron chi connectivity index (χ4n) is 1.58. The van der Waals surface area contributed by atoms with Gasteiger partial charge in [0.15, 0.2) is 0 Å². The molecular formula is C13H14N2O2. The highest BCUT2D eigenvalue weighted by Gasteiger charge is 2.04. The van der Waals surface area contributed by atoms with Crippen LogP contribution in [0.2, 0.25) is 0 Å². The third kappa shape index (κ3) is 2.66. The zero-order valence-electron chi connectivity index (χ0n) is 9.57. The Bertz CT molecular complexity index is 518. The van der Waals surface area contributed by atoms with E-state index in [2.05, 4.69) is 0 Å². The van der Waals surface area contributed by atoms with E-state index in [1.165, 1.54) is 0 Å². The van der Waals surface area contributed by atoms with E-state index < -0.39 is 0 Å². The van der Waals surface area contributed by atoms with E-state index in [1.807, 2.05) is 25.1 Å². The monoisotopic (exact) mass is 230 g/mol. The molecule has 17 heavy (non-hydrogen) atoms. The zero-order chi connectivity index (χ0) is 12.3. The maximum atomic E-state index is 7.38. The number of amidine groups is 1. The minimum atomic E-state index is 0.0695. The molecule has 0 radical (unpaired) electrons. The van der Waals surface area contributed by atoms with E-state index in [9.17, 15) is 0 Å². The smallest absolute Gasteiger partial charge is 0.146 e. The molecule has 0 fully saturated rings. The number of rotatable bonds is 4. The Labute approximate surface area is 99.5 Å². The van der Waals surface area contributed by atoms with Gasteiger partial charge in [-0.05, 0) is 42.8 Å². The summed E-state index contributed by atoms with van der Waals surface area (Å²) in [6, 6.07) is 9.13. The van der Waals surface area contributed by atoms with Gasteiger partial charge in [0.2, 0.25) is 0 Å². The van der Waals surface area contributed by atoms with Crippen molar-refractivity contribution in [2.24, 2.45) is 5.73 Å². The number of hydrogen-bond acceptors (Lipinski definition) is 3. The number of benzene rings is 1. The molecule has 1 aromatic carbocycles. The van der Waals surface area contributed by atoms with Crippen molar-refractivity contribution >= 4 is 5.84 Å². The van der Waals surface area contributed by atoms with Gasteiger partial charge in [0.05, 0.1) is 6.26 Å². The maximum Gasteiger partial charge on any atom is 0.146 e. The van der Waals surface area contributed by atoms with Gasteiger partial charge >= 0.3 is 0 Å². The van der Waals surface area contributed by atoms with Gasteiger partial charge in [-0.3, -0.25) is 5.41 Å². The Kier molecular flexibility index (Phi) is 3.14. The fraction of sp³-hybridized carbons (Fsp3) is 0.154. The number of hydrogen-bond donors (Lipinski definition) is 2. The molecule has 0 bridgehead atoms. The van der Waals surface area contributed by atoms with Crippen LogP contribution in [0, 0.1) is 12.3 Å². The summed E-state index contributed by atoms with van der Waals surface area (Å²) < 4.78 is 10.7. The number of nitrogen functional groups attached to an aromatic ring is 1. The van der Waals surface area contributed by atoms with Crippen LogP contribution in [0.25, 0.3) is 0 Å². The zero-order valence-corrected chi connectivity index (χ0v) is 9.57. The van der Waals surface area contributed by atoms with Gasteiger partial charge in [0.1, 0.15) is 24.0 Å². The Hall–Kier alpha value is -2.23. The number of ether oxygens (including phenoxy) is 1. The lowest BCUT2D eigenvalue weighted by atomic mass is 10.1. The molecule has 1 heterocycles. The van der Waals surface area contributed by atoms with Crippen molar-refractivity contribution < 1.29 is 9.15 Å². The van der Waals surface area contributed by atoms with Gasteiger partial charge < -0.3 is 14.9 Å². The molecule has 0 spiro atoms. The summed E-state index contributed by atoms with van der Waals surface area (Å²) in [4.78, 5) is 0. The highest BCUT2D eigenvalue weighted by atomic mass is 16.5. The third-order valence-corrected chi connectivity index (χ3v) is 2.45. The Morgan fingerprint density at radius 1 is 1.41 bits per heavy atom. The largest absolute Gasteiger partial charge is 0.486 e. The topological polar surface area (TPSA) is 72.2 Å². The first-order valence-corrected chi connectivity index (χ1v) is 5.27. The van der Waals surface area contributed by atoms with Crippen molar-refractivity contribution in [1.29, 1.82) is 5.41 Å². The second-order valence-electron chi connectivity index (χ2n) is 3.76. The molecule has 0 atom stereocenters. The van der Waals surface area contributed by atoms with E-state index in [4.69, 9.17) is 20.3 Å². The molecule has 3 N–H and O–H groups in total. The third-order valence-electron chi connectivity index (χ3n) is 2.45. The molecule has 0 amide bonds. The van der Waals surface area contributed by atoms with Gasteiger partial charge in [-0.15, -0.1) is 0 Å². The van der Waals surface area contributed by atoms with Crippen LogP contribution in [0.1, 0.15) is 16.9 Å². The normalized spacial score (nSPS) is 10.2. The highest BCUT2D eigenvalue weighted by molar-refractivity contribution is 5.96. The summed E-state index contributed by atoms with van der Waals surface area (Å²) in [5.74, 6) is 1.59. The second kappa shape index (κ2) is 4.74. The average molecular weight is 230 g/mol. The Morgan fingerprint density at radius 3 is 2.82 bits per heavy atom. The second-order valence-corrected chi connectivity index (χ2v) is 3.76. The number of aryl methyl sites for hydroxylation is 1. The van der Waals surface area contributed by atoms with Crippen molar-refractivity contribution in [2.45, 2.75) is 13.5 Å². The Morgan fingerprint density at radius 2 is 2.24 bits per heavy atom. The summed E-state index contributed by atoms with van der Waals surface area (Å²) in [6.07, 6.45) is 1.61. The van der Waals surface area contributed by atoms with Gasteiger partial charge in [-0.1, -0.05) is 0 Å². The summed E-state index contributed by atoms with van der Waals surface area (Å²) in [7, 11) is 0. The van der Waals surface area contributed by atoms with E-state index in [0.29, 0.717) is 6.61 Å². The molecule has 0 aliphatic carbocycles. The van der Waals surface area contributed by atoms with E-state index >= 15 is 0 Å². The van der Waals surface area contributed by atoms with Crippen LogP contribution >= 0.6 is 0 Å². The number of furan rings is 1. The van der Waals surface area contributed by atoms with Crippen molar-refractivity contribution in [2.75, 3.05) is 0 Å². The molecular weight excluding hydrogens is 216 g/mol. The molecule has 2 rings (SSSR count). The quantitative estimate of drug-likeness (QED) is 0.626. The van der Waals surface area contributed by atoms with Crippen LogP contribution in [-0.2, 0) is 6.61 Å². The van der Waals surface area contributed by atoms with Crippen LogP contribution in [-0.4, -0.2) is 5.84 Å². The van der Waals surface area contributed by atoms with Crippen molar-refractivity contribution in [1.82, 2.24) is 0 Å². The van der Waals surface area contributed by atoms with Crippen LogP contribution in [0.4, 0.5) is 0 Å². The first-order valence-electron chi connectivity index (χ1n) is 5.27. The molecule has 4 heteroatoms. The molecule has 88 valence electrons. The first-order chi connectivity index (χ1) is 8.16. The van der Waals surface area contributed by atoms with Crippen molar-refractivity contribution in [3.63, 3.8) is 0 Å². The van der Waals surface area contributed by atoms with Gasteiger partial charge in [-0.2, -0.15) is 0 Å². The SMILES string of the molecule is Cc1cc(OCc2ccco2)ccc1C(=N)N. The Balaban J connectivity index is 2.07. The molecule has 0 unspecified atom stereocenters. The van der Waals surface area contributed by atoms with Crippen molar-refractivity contribution in [3.05, 3.63) is 53.5 Å². The fourth-order valence-corrected chi connectivity index (χ4v) is 1.58. The maximum absolute atomic E-state index is 7.38. The van der Waals surface area contributed by atoms with Gasteiger partial charge in [0, 0.05) is 5.56 Å². The van der Waals surface area contributed by atoms with E-state index in [0.717, 1.165) is 22.6 Å². The molecule has 0 saturated heterocycles. The predicted molar refractivity (Wildman–Crippen MR) is 65.2 cm³/mol. The van der Waals surface area contributed by atoms with E-state index in [1.54, 1.807) is 18.4 Å². The predicted octanol–water partition coefficient (Wildman–Crippen LogP) is 2.45. The van der Waals surface area contributed by atoms with E-state index in [-0.39, 0.29) is 5.84 Å². The molecule has 0 saturated carbocycles. The summed E-state index contributed by atoms with van der Waals surface area (Å²) in [6.45, 7) is 2.29.